The summed E-state index contributed by atoms with van der Waals surface area (Å²) in [4.78, 5) is 53.7. The van der Waals surface area contributed by atoms with Crippen molar-refractivity contribution in [3.63, 3.8) is 0 Å². The predicted octanol–water partition coefficient (Wildman–Crippen LogP) is 0.450. The van der Waals surface area contributed by atoms with E-state index in [9.17, 15) is 19.2 Å². The quantitative estimate of drug-likeness (QED) is 0.617. The lowest BCUT2D eigenvalue weighted by Gasteiger charge is -2.22. The highest BCUT2D eigenvalue weighted by atomic mass is 16.2. The number of aromatic amines is 1. The molecule has 8 nitrogen and oxygen atoms in total. The number of hydrogen-bond acceptors (Lipinski definition) is 4. The van der Waals surface area contributed by atoms with Crippen LogP contribution < -0.4 is 21.5 Å². The van der Waals surface area contributed by atoms with E-state index in [-0.39, 0.29) is 11.9 Å². The summed E-state index contributed by atoms with van der Waals surface area (Å²) in [6.45, 7) is -0.820. The first-order chi connectivity index (χ1) is 13.9. The number of aromatic nitrogens is 2. The van der Waals surface area contributed by atoms with Gasteiger partial charge in [-0.1, -0.05) is 24.1 Å². The molecule has 3 rings (SSSR count). The predicted molar refractivity (Wildman–Crippen MR) is 110 cm³/mol. The molecule has 0 unspecified atom stereocenters. The standard InChI is InChI=1S/C21H18N4O4/c1-3-14-7-6-8-15(11-14)24(12-18(26)22-2)19(27)13-25-20(28)16-9-4-5-10-17(16)23-21(25)29/h1,4-11H,12-13H2,2H3,(H,22,26)(H,23,29). The van der Waals surface area contributed by atoms with Crippen LogP contribution >= 0.6 is 0 Å². The average Bonchev–Trinajstić information content (AvgIpc) is 2.74. The van der Waals surface area contributed by atoms with Crippen molar-refractivity contribution in [1.29, 1.82) is 0 Å². The van der Waals surface area contributed by atoms with Gasteiger partial charge in [0, 0.05) is 18.3 Å². The van der Waals surface area contributed by atoms with Crippen LogP contribution in [0.4, 0.5) is 5.69 Å². The molecule has 0 spiro atoms. The van der Waals surface area contributed by atoms with Gasteiger partial charge in [-0.05, 0) is 30.3 Å². The van der Waals surface area contributed by atoms with Gasteiger partial charge in [0.2, 0.25) is 11.8 Å². The molecule has 0 aliphatic rings. The van der Waals surface area contributed by atoms with Crippen molar-refractivity contribution in [1.82, 2.24) is 14.9 Å². The maximum Gasteiger partial charge on any atom is 0.329 e. The molecule has 2 amide bonds. The molecule has 0 fully saturated rings. The number of hydrogen-bond donors (Lipinski definition) is 2. The van der Waals surface area contributed by atoms with Gasteiger partial charge in [-0.15, -0.1) is 6.42 Å². The first-order valence-electron chi connectivity index (χ1n) is 8.74. The van der Waals surface area contributed by atoms with Gasteiger partial charge < -0.3 is 15.2 Å². The van der Waals surface area contributed by atoms with Crippen LogP contribution in [-0.4, -0.2) is 35.0 Å². The Hall–Kier alpha value is -4.12. The van der Waals surface area contributed by atoms with E-state index in [1.54, 1.807) is 48.5 Å². The topological polar surface area (TPSA) is 104 Å². The Balaban J connectivity index is 2.02. The summed E-state index contributed by atoms with van der Waals surface area (Å²) in [6.07, 6.45) is 5.41. The van der Waals surface area contributed by atoms with Crippen molar-refractivity contribution in [2.45, 2.75) is 6.54 Å². The van der Waals surface area contributed by atoms with Gasteiger partial charge in [0.15, 0.2) is 0 Å². The van der Waals surface area contributed by atoms with Gasteiger partial charge >= 0.3 is 5.69 Å². The van der Waals surface area contributed by atoms with Gasteiger partial charge in [-0.25, -0.2) is 4.79 Å². The molecular weight excluding hydrogens is 372 g/mol. The summed E-state index contributed by atoms with van der Waals surface area (Å²) in [6, 6.07) is 13.1. The molecule has 0 saturated carbocycles. The first kappa shape index (κ1) is 19.6. The fourth-order valence-corrected chi connectivity index (χ4v) is 2.87. The van der Waals surface area contributed by atoms with E-state index in [1.807, 2.05) is 0 Å². The maximum atomic E-state index is 13.0. The summed E-state index contributed by atoms with van der Waals surface area (Å²) >= 11 is 0. The molecule has 0 radical (unpaired) electrons. The van der Waals surface area contributed by atoms with Gasteiger partial charge in [-0.3, -0.25) is 19.0 Å². The second-order valence-electron chi connectivity index (χ2n) is 6.21. The minimum atomic E-state index is -0.709. The lowest BCUT2D eigenvalue weighted by atomic mass is 10.2. The molecule has 1 aromatic heterocycles. The molecule has 0 bridgehead atoms. The van der Waals surface area contributed by atoms with Crippen molar-refractivity contribution in [3.05, 3.63) is 74.9 Å². The second kappa shape index (κ2) is 8.27. The van der Waals surface area contributed by atoms with Crippen LogP contribution in [0.3, 0.4) is 0 Å². The molecule has 146 valence electrons. The Morgan fingerprint density at radius 3 is 2.66 bits per heavy atom. The number of benzene rings is 2. The van der Waals surface area contributed by atoms with Gasteiger partial charge in [0.25, 0.3) is 5.56 Å². The van der Waals surface area contributed by atoms with Crippen molar-refractivity contribution in [3.8, 4) is 12.3 Å². The van der Waals surface area contributed by atoms with Crippen molar-refractivity contribution in [2.24, 2.45) is 0 Å². The van der Waals surface area contributed by atoms with Gasteiger partial charge in [0.1, 0.15) is 13.1 Å². The normalized spacial score (nSPS) is 10.3. The Morgan fingerprint density at radius 2 is 1.93 bits per heavy atom. The van der Waals surface area contributed by atoms with Crippen LogP contribution in [-0.2, 0) is 16.1 Å². The number of para-hydroxylation sites is 1. The molecule has 2 aromatic carbocycles. The SMILES string of the molecule is C#Cc1cccc(N(CC(=O)NC)C(=O)Cn2c(=O)[nH]c3ccccc3c2=O)c1. The number of rotatable bonds is 5. The second-order valence-corrected chi connectivity index (χ2v) is 6.21. The van der Waals surface area contributed by atoms with E-state index in [2.05, 4.69) is 16.2 Å². The number of fused-ring (bicyclic) bond motifs is 1. The van der Waals surface area contributed by atoms with E-state index in [4.69, 9.17) is 6.42 Å². The Kier molecular flexibility index (Phi) is 5.60. The summed E-state index contributed by atoms with van der Waals surface area (Å²) in [5.74, 6) is 1.45. The van der Waals surface area contributed by atoms with Crippen LogP contribution in [0.1, 0.15) is 5.56 Å². The number of anilines is 1. The monoisotopic (exact) mass is 390 g/mol. The highest BCUT2D eigenvalue weighted by Gasteiger charge is 2.21. The van der Waals surface area contributed by atoms with Gasteiger partial charge in [0.05, 0.1) is 10.9 Å². The molecule has 0 saturated heterocycles. The third-order valence-electron chi connectivity index (χ3n) is 4.39. The molecule has 0 aliphatic heterocycles. The van der Waals surface area contributed by atoms with Gasteiger partial charge in [-0.2, -0.15) is 0 Å². The maximum absolute atomic E-state index is 13.0. The third-order valence-corrected chi connectivity index (χ3v) is 4.39. The fraction of sp³-hybridized carbons (Fsp3) is 0.143. The van der Waals surface area contributed by atoms with Crippen LogP contribution in [0.2, 0.25) is 0 Å². The summed E-state index contributed by atoms with van der Waals surface area (Å²) < 4.78 is 0.812. The van der Waals surface area contributed by atoms with Crippen LogP contribution in [0.25, 0.3) is 10.9 Å². The minimum absolute atomic E-state index is 0.284. The zero-order valence-corrected chi connectivity index (χ0v) is 15.6. The van der Waals surface area contributed by atoms with E-state index in [1.165, 1.54) is 11.9 Å². The molecule has 3 aromatic rings. The van der Waals surface area contributed by atoms with E-state index < -0.39 is 29.6 Å². The number of nitrogens with one attached hydrogen (secondary N) is 2. The number of amides is 2. The zero-order valence-electron chi connectivity index (χ0n) is 15.6. The minimum Gasteiger partial charge on any atom is -0.358 e. The van der Waals surface area contributed by atoms with Crippen LogP contribution in [0.5, 0.6) is 0 Å². The fourth-order valence-electron chi connectivity index (χ4n) is 2.87. The number of carbonyl (C=O) groups is 2. The Labute approximate surface area is 165 Å². The number of likely N-dealkylation sites (N-methyl/N-ethyl adjacent to an activating group) is 1. The summed E-state index contributed by atoms with van der Waals surface area (Å²) in [7, 11) is 1.45. The number of carbonyl (C=O) groups excluding carboxylic acids is 2. The van der Waals surface area contributed by atoms with E-state index in [0.29, 0.717) is 16.8 Å². The molecule has 0 aliphatic carbocycles. The van der Waals surface area contributed by atoms with Crippen LogP contribution in [0, 0.1) is 12.3 Å². The molecule has 8 heteroatoms. The Bertz CT molecular complexity index is 1250. The largest absolute Gasteiger partial charge is 0.358 e. The zero-order chi connectivity index (χ0) is 21.0. The van der Waals surface area contributed by atoms with Crippen molar-refractivity contribution >= 4 is 28.4 Å². The lowest BCUT2D eigenvalue weighted by Crippen LogP contribution is -2.45. The number of nitrogens with zero attached hydrogens (tertiary/aromatic N) is 2. The molecule has 2 N–H and O–H groups in total. The van der Waals surface area contributed by atoms with Crippen molar-refractivity contribution in [2.75, 3.05) is 18.5 Å². The molecular formula is C21H18N4O4. The first-order valence-corrected chi connectivity index (χ1v) is 8.74. The highest BCUT2D eigenvalue weighted by molar-refractivity contribution is 5.98. The molecule has 1 heterocycles. The highest BCUT2D eigenvalue weighted by Crippen LogP contribution is 2.16. The average molecular weight is 390 g/mol. The van der Waals surface area contributed by atoms with Crippen molar-refractivity contribution < 1.29 is 9.59 Å². The number of H-pyrrole nitrogens is 1. The Morgan fingerprint density at radius 1 is 1.17 bits per heavy atom. The van der Waals surface area contributed by atoms with Crippen LogP contribution in [0.15, 0.2) is 58.1 Å². The van der Waals surface area contributed by atoms with E-state index in [0.717, 1.165) is 4.57 Å². The smallest absolute Gasteiger partial charge is 0.329 e. The lowest BCUT2D eigenvalue weighted by molar-refractivity contribution is -0.123. The van der Waals surface area contributed by atoms with E-state index >= 15 is 0 Å². The summed E-state index contributed by atoms with van der Waals surface area (Å²) in [5, 5.41) is 2.73. The molecule has 0 atom stereocenters. The number of terminal acetylenes is 1. The summed E-state index contributed by atoms with van der Waals surface area (Å²) in [5.41, 5.74) is 0.00154. The third kappa shape index (κ3) is 4.09. The molecule has 29 heavy (non-hydrogen) atoms.